The first-order chi connectivity index (χ1) is 6.81. The topological polar surface area (TPSA) is 33.1 Å². The third kappa shape index (κ3) is 2.66. The quantitative estimate of drug-likeness (QED) is 0.865. The number of rotatable bonds is 2. The number of hydrogen-bond donors (Lipinski definition) is 1. The fourth-order valence-electron chi connectivity index (χ4n) is 1.66. The van der Waals surface area contributed by atoms with Crippen molar-refractivity contribution >= 4 is 34.9 Å². The Kier molecular flexibility index (Phi) is 4.47. The lowest BCUT2D eigenvalue weighted by Gasteiger charge is -2.04. The molecule has 0 amide bonds. The van der Waals surface area contributed by atoms with Crippen molar-refractivity contribution in [2.24, 2.45) is 0 Å². The summed E-state index contributed by atoms with van der Waals surface area (Å²) in [6.07, 6.45) is 0.631. The number of benzene rings is 1. The molecule has 0 fully saturated rings. The molecule has 1 aromatic heterocycles. The summed E-state index contributed by atoms with van der Waals surface area (Å²) in [5.74, 6) is 0. The monoisotopic (exact) mass is 315 g/mol. The summed E-state index contributed by atoms with van der Waals surface area (Å²) >= 11 is 0. The number of fused-ring (bicyclic) bond motifs is 1. The molecule has 0 spiro atoms. The molecule has 0 aliphatic heterocycles. The number of halogens is 1. The maximum Gasteiger partial charge on any atom is 0.0707 e. The lowest BCUT2D eigenvalue weighted by Crippen LogP contribution is -1.96. The molecule has 1 heterocycles. The molecule has 2 aromatic rings. The highest BCUT2D eigenvalue weighted by atomic mass is 127. The minimum atomic E-state index is 0. The molecular formula is C12H14INO. The first-order valence-electron chi connectivity index (χ1n) is 4.77. The summed E-state index contributed by atoms with van der Waals surface area (Å²) in [7, 11) is 0. The van der Waals surface area contributed by atoms with Crippen LogP contribution in [0.2, 0.25) is 0 Å². The van der Waals surface area contributed by atoms with Gasteiger partial charge in [0.1, 0.15) is 0 Å². The van der Waals surface area contributed by atoms with Crippen LogP contribution in [-0.4, -0.2) is 16.7 Å². The molecule has 2 rings (SSSR count). The Bertz CT molecular complexity index is 456. The van der Waals surface area contributed by atoms with Crippen LogP contribution in [0.15, 0.2) is 30.3 Å². The van der Waals surface area contributed by atoms with Crippen LogP contribution in [0.1, 0.15) is 11.3 Å². The predicted molar refractivity (Wildman–Crippen MR) is 72.7 cm³/mol. The van der Waals surface area contributed by atoms with E-state index in [0.29, 0.717) is 6.42 Å². The molecule has 1 aromatic carbocycles. The van der Waals surface area contributed by atoms with Gasteiger partial charge in [0, 0.05) is 24.1 Å². The van der Waals surface area contributed by atoms with Crippen LogP contribution >= 0.6 is 24.0 Å². The smallest absolute Gasteiger partial charge is 0.0707 e. The van der Waals surface area contributed by atoms with Gasteiger partial charge in [0.25, 0.3) is 0 Å². The first kappa shape index (κ1) is 12.4. The third-order valence-electron chi connectivity index (χ3n) is 2.34. The minimum Gasteiger partial charge on any atom is -0.396 e. The van der Waals surface area contributed by atoms with Gasteiger partial charge in [0.2, 0.25) is 0 Å². The van der Waals surface area contributed by atoms with E-state index in [2.05, 4.69) is 18.0 Å². The molecule has 0 radical (unpaired) electrons. The van der Waals surface area contributed by atoms with Gasteiger partial charge in [0.05, 0.1) is 5.52 Å². The average molecular weight is 315 g/mol. The van der Waals surface area contributed by atoms with Crippen LogP contribution in [0, 0.1) is 6.92 Å². The van der Waals surface area contributed by atoms with E-state index >= 15 is 0 Å². The van der Waals surface area contributed by atoms with Crippen LogP contribution in [0.3, 0.4) is 0 Å². The Morgan fingerprint density at radius 3 is 2.73 bits per heavy atom. The van der Waals surface area contributed by atoms with Crippen molar-refractivity contribution in [2.75, 3.05) is 6.61 Å². The molecule has 0 unspecified atom stereocenters. The summed E-state index contributed by atoms with van der Waals surface area (Å²) in [6, 6.07) is 10.1. The molecule has 1 N–H and O–H groups in total. The summed E-state index contributed by atoms with van der Waals surface area (Å²) < 4.78 is 0. The van der Waals surface area contributed by atoms with E-state index in [0.717, 1.165) is 11.2 Å². The van der Waals surface area contributed by atoms with Crippen molar-refractivity contribution < 1.29 is 5.11 Å². The van der Waals surface area contributed by atoms with Gasteiger partial charge in [0.15, 0.2) is 0 Å². The number of aryl methyl sites for hydroxylation is 1. The fraction of sp³-hybridized carbons (Fsp3) is 0.250. The molecule has 3 heteroatoms. The largest absolute Gasteiger partial charge is 0.396 e. The van der Waals surface area contributed by atoms with E-state index in [1.165, 1.54) is 10.9 Å². The Morgan fingerprint density at radius 1 is 1.27 bits per heavy atom. The molecule has 0 saturated heterocycles. The average Bonchev–Trinajstić information content (AvgIpc) is 2.18. The Labute approximate surface area is 106 Å². The van der Waals surface area contributed by atoms with Gasteiger partial charge >= 0.3 is 0 Å². The van der Waals surface area contributed by atoms with Crippen molar-refractivity contribution in [3.8, 4) is 0 Å². The standard InChI is InChI=1S/C12H13NO.HI/c1-9-8-10(6-7-14)13-12-5-3-2-4-11(9)12;/h2-5,8,14H,6-7H2,1H3;1H. The van der Waals surface area contributed by atoms with Crippen LogP contribution in [0.25, 0.3) is 10.9 Å². The highest BCUT2D eigenvalue weighted by Gasteiger charge is 2.00. The van der Waals surface area contributed by atoms with Gasteiger partial charge in [-0.1, -0.05) is 18.2 Å². The molecule has 0 aliphatic carbocycles. The Morgan fingerprint density at radius 2 is 2.00 bits per heavy atom. The number of aliphatic hydroxyl groups excluding tert-OH is 1. The van der Waals surface area contributed by atoms with Gasteiger partial charge in [-0.05, 0) is 24.6 Å². The number of aromatic nitrogens is 1. The van der Waals surface area contributed by atoms with Gasteiger partial charge in [-0.15, -0.1) is 24.0 Å². The van der Waals surface area contributed by atoms with E-state index in [4.69, 9.17) is 5.11 Å². The molecule has 2 nitrogen and oxygen atoms in total. The number of nitrogens with zero attached hydrogens (tertiary/aromatic N) is 1. The van der Waals surface area contributed by atoms with E-state index in [-0.39, 0.29) is 30.6 Å². The number of aliphatic hydroxyl groups is 1. The molecule has 15 heavy (non-hydrogen) atoms. The SMILES string of the molecule is Cc1cc(CCO)nc2ccccc12.I. The first-order valence-corrected chi connectivity index (χ1v) is 4.77. The molecule has 80 valence electrons. The predicted octanol–water partition coefficient (Wildman–Crippen LogP) is 2.70. The summed E-state index contributed by atoms with van der Waals surface area (Å²) in [6.45, 7) is 2.23. The molecular weight excluding hydrogens is 301 g/mol. The van der Waals surface area contributed by atoms with Crippen molar-refractivity contribution in [3.63, 3.8) is 0 Å². The van der Waals surface area contributed by atoms with Crippen molar-refractivity contribution in [1.29, 1.82) is 0 Å². The van der Waals surface area contributed by atoms with E-state index in [1.54, 1.807) is 0 Å². The van der Waals surface area contributed by atoms with Crippen LogP contribution in [0.5, 0.6) is 0 Å². The zero-order chi connectivity index (χ0) is 9.97. The maximum absolute atomic E-state index is 8.84. The van der Waals surface area contributed by atoms with E-state index < -0.39 is 0 Å². The Balaban J connectivity index is 0.00000112. The van der Waals surface area contributed by atoms with Gasteiger partial charge in [-0.3, -0.25) is 4.98 Å². The van der Waals surface area contributed by atoms with Crippen LogP contribution in [-0.2, 0) is 6.42 Å². The van der Waals surface area contributed by atoms with Crippen molar-refractivity contribution in [3.05, 3.63) is 41.6 Å². The van der Waals surface area contributed by atoms with Gasteiger partial charge < -0.3 is 5.11 Å². The number of pyridine rings is 1. The number of para-hydroxylation sites is 1. The van der Waals surface area contributed by atoms with Gasteiger partial charge in [-0.25, -0.2) is 0 Å². The maximum atomic E-state index is 8.84. The van der Waals surface area contributed by atoms with Gasteiger partial charge in [-0.2, -0.15) is 0 Å². The second-order valence-corrected chi connectivity index (χ2v) is 3.42. The second kappa shape index (κ2) is 5.42. The van der Waals surface area contributed by atoms with Crippen molar-refractivity contribution in [1.82, 2.24) is 4.98 Å². The van der Waals surface area contributed by atoms with E-state index in [1.807, 2.05) is 24.3 Å². The summed E-state index contributed by atoms with van der Waals surface area (Å²) in [5.41, 5.74) is 3.19. The summed E-state index contributed by atoms with van der Waals surface area (Å²) in [5, 5.41) is 10.0. The highest BCUT2D eigenvalue weighted by molar-refractivity contribution is 14.0. The fourth-order valence-corrected chi connectivity index (χ4v) is 1.66. The Hall–Kier alpha value is -0.680. The van der Waals surface area contributed by atoms with Crippen LogP contribution in [0.4, 0.5) is 0 Å². The minimum absolute atomic E-state index is 0. The lowest BCUT2D eigenvalue weighted by atomic mass is 10.1. The normalized spacial score (nSPS) is 10.0. The van der Waals surface area contributed by atoms with E-state index in [9.17, 15) is 0 Å². The molecule has 0 saturated carbocycles. The molecule has 0 atom stereocenters. The number of hydrogen-bond acceptors (Lipinski definition) is 2. The summed E-state index contributed by atoms with van der Waals surface area (Å²) in [4.78, 5) is 4.47. The molecule has 0 aliphatic rings. The highest BCUT2D eigenvalue weighted by Crippen LogP contribution is 2.17. The zero-order valence-corrected chi connectivity index (χ0v) is 10.9. The lowest BCUT2D eigenvalue weighted by molar-refractivity contribution is 0.298. The second-order valence-electron chi connectivity index (χ2n) is 3.42. The zero-order valence-electron chi connectivity index (χ0n) is 8.60. The third-order valence-corrected chi connectivity index (χ3v) is 2.34. The molecule has 0 bridgehead atoms. The van der Waals surface area contributed by atoms with Crippen molar-refractivity contribution in [2.45, 2.75) is 13.3 Å². The van der Waals surface area contributed by atoms with Crippen LogP contribution < -0.4 is 0 Å².